The lowest BCUT2D eigenvalue weighted by Gasteiger charge is -2.27. The van der Waals surface area contributed by atoms with Crippen LogP contribution in [0.2, 0.25) is 0 Å². The molecular weight excluding hydrogens is 701 g/mol. The van der Waals surface area contributed by atoms with Crippen LogP contribution in [-0.2, 0) is 25.7 Å². The molecule has 0 atom stereocenters. The molecule has 4 aromatic rings. The highest BCUT2D eigenvalue weighted by Gasteiger charge is 2.45. The Morgan fingerprint density at radius 3 is 2.05 bits per heavy atom. The molecule has 2 aliphatic heterocycles. The molecule has 2 aliphatic rings. The highest BCUT2D eigenvalue weighted by atomic mass is 32.2. The van der Waals surface area contributed by atoms with Crippen molar-refractivity contribution in [2.24, 2.45) is 5.41 Å². The molecule has 0 saturated heterocycles. The Bertz CT molecular complexity index is 2370. The van der Waals surface area contributed by atoms with Crippen LogP contribution in [0.5, 0.6) is 0 Å². The predicted molar refractivity (Wildman–Crippen MR) is 229 cm³/mol. The fourth-order valence-electron chi connectivity index (χ4n) is 8.32. The largest absolute Gasteiger partial charge is 0.748 e. The van der Waals surface area contributed by atoms with Crippen molar-refractivity contribution in [3.63, 3.8) is 0 Å². The lowest BCUT2D eigenvalue weighted by molar-refractivity contribution is -0.436. The van der Waals surface area contributed by atoms with Crippen molar-refractivity contribution in [3.05, 3.63) is 132 Å². The summed E-state index contributed by atoms with van der Waals surface area (Å²) in [4.78, 5) is 15.2. The Balaban J connectivity index is 1.25. The molecule has 6 rings (SSSR count). The van der Waals surface area contributed by atoms with Crippen molar-refractivity contribution in [1.82, 2.24) is 0 Å². The summed E-state index contributed by atoms with van der Waals surface area (Å²) < 4.78 is 36.3. The van der Waals surface area contributed by atoms with Gasteiger partial charge in [-0.2, -0.15) is 4.58 Å². The van der Waals surface area contributed by atoms with Crippen molar-refractivity contribution in [1.29, 1.82) is 0 Å². The standard InChI is InChI=1S/C48H56N2O4S/c1-46(2,3)43(51)27-17-18-32-49-41(47(4,5)39-30-28-35-21-13-15-23-37(35)44(39)49)25-11-9-8-10-12-26-42-48(6,7)40-31-29-36-22-14-16-24-38(36)45(40)50(42)33-19-20-34-55(52,53)54/h8-16,21-26,28-31H,17-20,27,32-34H2,1-7H3. The lowest BCUT2D eigenvalue weighted by Crippen LogP contribution is -2.28. The maximum absolute atomic E-state index is 12.7. The fourth-order valence-corrected chi connectivity index (χ4v) is 8.88. The Morgan fingerprint density at radius 2 is 1.36 bits per heavy atom. The minimum atomic E-state index is -4.25. The van der Waals surface area contributed by atoms with Crippen LogP contribution in [0, 0.1) is 5.41 Å². The first-order chi connectivity index (χ1) is 26.0. The van der Waals surface area contributed by atoms with Crippen molar-refractivity contribution in [2.75, 3.05) is 23.7 Å². The zero-order valence-electron chi connectivity index (χ0n) is 33.6. The summed E-state index contributed by atoms with van der Waals surface area (Å²) in [6.45, 7) is 16.5. The van der Waals surface area contributed by atoms with Gasteiger partial charge in [0.15, 0.2) is 5.71 Å². The average Bonchev–Trinajstić information content (AvgIpc) is 3.48. The number of nitrogens with zero attached hydrogens (tertiary/aromatic N) is 2. The second-order valence-electron chi connectivity index (χ2n) is 17.1. The van der Waals surface area contributed by atoms with E-state index in [4.69, 9.17) is 0 Å². The number of unbranched alkanes of at least 4 members (excludes halogenated alkanes) is 2. The number of ketones is 1. The normalized spacial score (nSPS) is 17.5. The number of Topliss-reactive ketones (excluding diaryl/α,β-unsaturated/α-hetero) is 1. The molecule has 0 aromatic heterocycles. The summed E-state index contributed by atoms with van der Waals surface area (Å²) in [7, 11) is -4.25. The van der Waals surface area contributed by atoms with Gasteiger partial charge in [0.1, 0.15) is 12.3 Å². The first-order valence-corrected chi connectivity index (χ1v) is 21.3. The Morgan fingerprint density at radius 1 is 0.745 bits per heavy atom. The van der Waals surface area contributed by atoms with Crippen molar-refractivity contribution >= 4 is 54.5 Å². The summed E-state index contributed by atoms with van der Waals surface area (Å²) in [5, 5.41) is 4.80. The van der Waals surface area contributed by atoms with Crippen LogP contribution in [0.25, 0.3) is 21.5 Å². The van der Waals surface area contributed by atoms with E-state index in [1.165, 1.54) is 33.3 Å². The van der Waals surface area contributed by atoms with E-state index in [1.807, 2.05) is 32.9 Å². The Hall–Kier alpha value is -4.59. The van der Waals surface area contributed by atoms with Gasteiger partial charge in [-0.3, -0.25) is 4.79 Å². The molecule has 2 heterocycles. The van der Waals surface area contributed by atoms with Gasteiger partial charge in [0.05, 0.1) is 26.6 Å². The van der Waals surface area contributed by atoms with Crippen molar-refractivity contribution < 1.29 is 22.3 Å². The van der Waals surface area contributed by atoms with E-state index in [0.717, 1.165) is 41.6 Å². The van der Waals surface area contributed by atoms with Gasteiger partial charge in [-0.1, -0.05) is 132 Å². The molecule has 0 fully saturated rings. The summed E-state index contributed by atoms with van der Waals surface area (Å²) in [6, 6.07) is 25.8. The Kier molecular flexibility index (Phi) is 11.6. The topological polar surface area (TPSA) is 80.5 Å². The Labute approximate surface area is 328 Å². The van der Waals surface area contributed by atoms with E-state index >= 15 is 0 Å². The summed E-state index contributed by atoms with van der Waals surface area (Å²) in [5.41, 5.74) is 6.58. The SMILES string of the molecule is CC(C)(C)C(=O)CCCCN1/C(=C/C=C/C=C/C=C/C2=[N+](CCCCS(=O)(=O)[O-])c3c(ccc4ccccc34)C2(C)C)C(C)(C)c2ccc3ccccc3c21. The van der Waals surface area contributed by atoms with Gasteiger partial charge >= 0.3 is 0 Å². The average molecular weight is 757 g/mol. The fraction of sp³-hybridized carbons (Fsp3) is 0.375. The third-order valence-corrected chi connectivity index (χ3v) is 12.2. The molecule has 6 nitrogen and oxygen atoms in total. The van der Waals surface area contributed by atoms with Gasteiger partial charge < -0.3 is 9.45 Å². The number of allylic oxidation sites excluding steroid dienone is 8. The number of carbonyl (C=O) groups excluding carboxylic acids is 1. The van der Waals surface area contributed by atoms with E-state index in [1.54, 1.807) is 0 Å². The second-order valence-corrected chi connectivity index (χ2v) is 18.6. The molecule has 0 amide bonds. The first kappa shape index (κ1) is 40.1. The summed E-state index contributed by atoms with van der Waals surface area (Å²) in [6.07, 6.45) is 18.1. The molecule has 0 saturated carbocycles. The maximum Gasteiger partial charge on any atom is 0.217 e. The smallest absolute Gasteiger partial charge is 0.217 e. The van der Waals surface area contributed by atoms with Gasteiger partial charge in [-0.15, -0.1) is 0 Å². The molecule has 0 aliphatic carbocycles. The van der Waals surface area contributed by atoms with E-state index < -0.39 is 10.1 Å². The third-order valence-electron chi connectivity index (χ3n) is 11.4. The number of hydrogen-bond donors (Lipinski definition) is 0. The van der Waals surface area contributed by atoms with Crippen LogP contribution < -0.4 is 4.90 Å². The van der Waals surface area contributed by atoms with Crippen molar-refractivity contribution in [2.45, 2.75) is 91.4 Å². The van der Waals surface area contributed by atoms with Gasteiger partial charge in [0, 0.05) is 58.7 Å². The van der Waals surface area contributed by atoms with Crippen LogP contribution in [0.15, 0.2) is 121 Å². The maximum atomic E-state index is 12.7. The van der Waals surface area contributed by atoms with Gasteiger partial charge in [0.25, 0.3) is 0 Å². The van der Waals surface area contributed by atoms with Crippen LogP contribution in [-0.4, -0.2) is 47.9 Å². The number of hydrogen-bond acceptors (Lipinski definition) is 5. The van der Waals surface area contributed by atoms with E-state index in [2.05, 4.69) is 140 Å². The minimum absolute atomic E-state index is 0.195. The molecular formula is C48H56N2O4S. The zero-order valence-corrected chi connectivity index (χ0v) is 34.4. The molecule has 0 unspecified atom stereocenters. The van der Waals surface area contributed by atoms with Gasteiger partial charge in [0.2, 0.25) is 5.69 Å². The molecule has 0 bridgehead atoms. The van der Waals surface area contributed by atoms with Crippen LogP contribution in [0.1, 0.15) is 91.7 Å². The molecule has 7 heteroatoms. The molecule has 4 aromatic carbocycles. The monoisotopic (exact) mass is 756 g/mol. The van der Waals surface area contributed by atoms with E-state index in [0.29, 0.717) is 31.6 Å². The number of anilines is 1. The number of fused-ring (bicyclic) bond motifs is 6. The molecule has 0 spiro atoms. The molecule has 0 radical (unpaired) electrons. The zero-order chi connectivity index (χ0) is 39.6. The van der Waals surface area contributed by atoms with Crippen LogP contribution in [0.3, 0.4) is 0 Å². The first-order valence-electron chi connectivity index (χ1n) is 19.7. The third kappa shape index (κ3) is 8.48. The van der Waals surface area contributed by atoms with Crippen LogP contribution >= 0.6 is 0 Å². The predicted octanol–water partition coefficient (Wildman–Crippen LogP) is 10.8. The molecule has 288 valence electrons. The summed E-state index contributed by atoms with van der Waals surface area (Å²) >= 11 is 0. The molecule has 0 N–H and O–H groups in total. The van der Waals surface area contributed by atoms with Crippen LogP contribution in [0.4, 0.5) is 11.4 Å². The highest BCUT2D eigenvalue weighted by molar-refractivity contribution is 7.85. The highest BCUT2D eigenvalue weighted by Crippen LogP contribution is 2.51. The molecule has 55 heavy (non-hydrogen) atoms. The van der Waals surface area contributed by atoms with E-state index in [9.17, 15) is 17.8 Å². The number of rotatable bonds is 14. The van der Waals surface area contributed by atoms with Gasteiger partial charge in [-0.05, 0) is 61.6 Å². The second kappa shape index (κ2) is 15.9. The number of benzene rings is 4. The lowest BCUT2D eigenvalue weighted by atomic mass is 9.80. The summed E-state index contributed by atoms with van der Waals surface area (Å²) in [5.74, 6) is -0.0345. The van der Waals surface area contributed by atoms with Crippen molar-refractivity contribution in [3.8, 4) is 0 Å². The van der Waals surface area contributed by atoms with Gasteiger partial charge in [-0.25, -0.2) is 8.42 Å². The minimum Gasteiger partial charge on any atom is -0.748 e. The number of carbonyl (C=O) groups is 1. The van der Waals surface area contributed by atoms with E-state index in [-0.39, 0.29) is 22.0 Å². The quantitative estimate of drug-likeness (QED) is 0.0554.